The largest absolute Gasteiger partial charge is 0.481 e. The van der Waals surface area contributed by atoms with Crippen molar-refractivity contribution < 1.29 is 24.2 Å². The molecule has 0 spiro atoms. The van der Waals surface area contributed by atoms with Crippen molar-refractivity contribution in [1.82, 2.24) is 0 Å². The molecule has 6 atom stereocenters. The lowest BCUT2D eigenvalue weighted by Crippen LogP contribution is -2.48. The Morgan fingerprint density at radius 3 is 2.27 bits per heavy atom. The molecule has 6 nitrogen and oxygen atoms in total. The summed E-state index contributed by atoms with van der Waals surface area (Å²) in [6.07, 6.45) is 5.05. The van der Waals surface area contributed by atoms with Gasteiger partial charge in [-0.2, -0.15) is 0 Å². The van der Waals surface area contributed by atoms with Crippen molar-refractivity contribution in [3.63, 3.8) is 0 Å². The van der Waals surface area contributed by atoms with Gasteiger partial charge in [-0.3, -0.25) is 9.59 Å². The van der Waals surface area contributed by atoms with E-state index in [2.05, 4.69) is 5.32 Å². The van der Waals surface area contributed by atoms with Crippen molar-refractivity contribution in [3.8, 4) is 0 Å². The van der Waals surface area contributed by atoms with Crippen molar-refractivity contribution in [1.29, 1.82) is 0 Å². The number of carbonyl (C=O) groups excluding carboxylic acids is 2. The summed E-state index contributed by atoms with van der Waals surface area (Å²) in [5.74, 6) is -1.93. The molecule has 0 aliphatic heterocycles. The number of ether oxygens (including phenoxy) is 1. The molecule has 1 aromatic rings. The van der Waals surface area contributed by atoms with E-state index in [-0.39, 0.29) is 17.7 Å². The Labute approximate surface area is 151 Å². The highest BCUT2D eigenvalue weighted by atomic mass is 16.5. The van der Waals surface area contributed by atoms with E-state index in [1.807, 2.05) is 12.2 Å². The number of carboxylic acid groups (broad SMARTS) is 1. The Bertz CT molecular complexity index is 784. The Morgan fingerprint density at radius 2 is 1.69 bits per heavy atom. The maximum Gasteiger partial charge on any atom is 0.338 e. The molecule has 2 fully saturated rings. The van der Waals surface area contributed by atoms with Gasteiger partial charge in [0, 0.05) is 5.69 Å². The number of esters is 1. The number of amides is 1. The number of hydrogen-bond donors (Lipinski definition) is 2. The van der Waals surface area contributed by atoms with Crippen LogP contribution in [0, 0.1) is 35.5 Å². The number of fused-ring (bicyclic) bond motifs is 1. The van der Waals surface area contributed by atoms with E-state index >= 15 is 0 Å². The van der Waals surface area contributed by atoms with Crippen molar-refractivity contribution in [2.24, 2.45) is 35.5 Å². The smallest absolute Gasteiger partial charge is 0.338 e. The molecule has 0 unspecified atom stereocenters. The number of hydrogen-bond acceptors (Lipinski definition) is 4. The van der Waals surface area contributed by atoms with Crippen molar-refractivity contribution in [2.45, 2.75) is 13.3 Å². The average Bonchev–Trinajstić information content (AvgIpc) is 3.44. The van der Waals surface area contributed by atoms with E-state index in [9.17, 15) is 19.5 Å². The maximum absolute atomic E-state index is 12.9. The molecule has 5 rings (SSSR count). The zero-order valence-corrected chi connectivity index (χ0v) is 14.4. The molecule has 4 aliphatic rings. The van der Waals surface area contributed by atoms with Crippen molar-refractivity contribution in [3.05, 3.63) is 42.0 Å². The molecule has 136 valence electrons. The van der Waals surface area contributed by atoms with Crippen molar-refractivity contribution >= 4 is 23.5 Å². The van der Waals surface area contributed by atoms with Gasteiger partial charge in [-0.1, -0.05) is 12.2 Å². The fraction of sp³-hybridized carbons (Fsp3) is 0.450. The van der Waals surface area contributed by atoms with Crippen LogP contribution in [0.3, 0.4) is 0 Å². The molecule has 6 heteroatoms. The normalized spacial score (nSPS) is 33.3. The lowest BCUT2D eigenvalue weighted by molar-refractivity contribution is -0.152. The molecule has 4 aliphatic carbocycles. The predicted molar refractivity (Wildman–Crippen MR) is 93.4 cm³/mol. The minimum Gasteiger partial charge on any atom is -0.481 e. The fourth-order valence-electron chi connectivity index (χ4n) is 4.70. The van der Waals surface area contributed by atoms with Crippen molar-refractivity contribution in [2.75, 3.05) is 11.9 Å². The Hall–Kier alpha value is -2.63. The summed E-state index contributed by atoms with van der Waals surface area (Å²) in [6.45, 7) is 2.04. The van der Waals surface area contributed by atoms with Gasteiger partial charge in [0.2, 0.25) is 5.91 Å². The van der Waals surface area contributed by atoms with Gasteiger partial charge in [0.1, 0.15) is 0 Å². The summed E-state index contributed by atoms with van der Waals surface area (Å²) in [5, 5.41) is 12.5. The van der Waals surface area contributed by atoms with E-state index < -0.39 is 23.8 Å². The molecule has 1 aromatic carbocycles. The first kappa shape index (κ1) is 16.8. The van der Waals surface area contributed by atoms with Crippen LogP contribution in [0.1, 0.15) is 23.7 Å². The number of aliphatic carboxylic acids is 1. The number of nitrogens with one attached hydrogen (secondary N) is 1. The van der Waals surface area contributed by atoms with Crippen LogP contribution in [-0.4, -0.2) is 29.6 Å². The minimum absolute atomic E-state index is 0.00454. The highest BCUT2D eigenvalue weighted by Gasteiger charge is 2.62. The summed E-state index contributed by atoms with van der Waals surface area (Å²) < 4.78 is 4.94. The average molecular weight is 355 g/mol. The lowest BCUT2D eigenvalue weighted by Gasteiger charge is -2.41. The first-order valence-corrected chi connectivity index (χ1v) is 9.00. The number of anilines is 1. The Morgan fingerprint density at radius 1 is 1.08 bits per heavy atom. The molecule has 0 saturated heterocycles. The quantitative estimate of drug-likeness (QED) is 0.625. The van der Waals surface area contributed by atoms with E-state index in [0.29, 0.717) is 29.7 Å². The fourth-order valence-corrected chi connectivity index (χ4v) is 4.70. The summed E-state index contributed by atoms with van der Waals surface area (Å²) in [6, 6.07) is 6.45. The van der Waals surface area contributed by atoms with E-state index in [0.717, 1.165) is 6.42 Å². The third-order valence-electron chi connectivity index (χ3n) is 5.90. The topological polar surface area (TPSA) is 92.7 Å². The summed E-state index contributed by atoms with van der Waals surface area (Å²) in [7, 11) is 0. The number of rotatable bonds is 5. The zero-order chi connectivity index (χ0) is 18.4. The Balaban J connectivity index is 1.50. The zero-order valence-electron chi connectivity index (χ0n) is 14.4. The third-order valence-corrected chi connectivity index (χ3v) is 5.90. The minimum atomic E-state index is -0.896. The molecule has 2 saturated carbocycles. The molecule has 26 heavy (non-hydrogen) atoms. The molecular formula is C20H21NO5. The standard InChI is InChI=1S/C20H21NO5/c1-2-26-20(25)10-3-5-11(6-4-10)21-18(22)16-12-7-8-13(15-9-14(12)15)17(16)19(23)24/h3-8,12-17H,2,9H2,1H3,(H,21,22)(H,23,24)/t12-,13-,14+,15-,16-,17-/m0/s1. The summed E-state index contributed by atoms with van der Waals surface area (Å²) >= 11 is 0. The van der Waals surface area contributed by atoms with Crippen LogP contribution < -0.4 is 5.32 Å². The maximum atomic E-state index is 12.9. The first-order valence-electron chi connectivity index (χ1n) is 9.00. The van der Waals surface area contributed by atoms with E-state index in [1.165, 1.54) is 0 Å². The highest BCUT2D eigenvalue weighted by Crippen LogP contribution is 2.63. The first-order chi connectivity index (χ1) is 12.5. The van der Waals surface area contributed by atoms with E-state index in [4.69, 9.17) is 4.74 Å². The van der Waals surface area contributed by atoms with Gasteiger partial charge in [0.05, 0.1) is 24.0 Å². The number of allylic oxidation sites excluding steroid dienone is 2. The van der Waals surface area contributed by atoms with Crippen LogP contribution in [0.2, 0.25) is 0 Å². The number of carbonyl (C=O) groups is 3. The van der Waals surface area contributed by atoms with Gasteiger partial charge < -0.3 is 15.2 Å². The molecule has 0 radical (unpaired) electrons. The molecule has 0 heterocycles. The van der Waals surface area contributed by atoms with Crippen LogP contribution >= 0.6 is 0 Å². The predicted octanol–water partition coefficient (Wildman–Crippen LogP) is 2.57. The second kappa shape index (κ2) is 6.27. The lowest BCUT2D eigenvalue weighted by atomic mass is 9.62. The van der Waals surface area contributed by atoms with Gasteiger partial charge >= 0.3 is 11.9 Å². The van der Waals surface area contributed by atoms with Crippen LogP contribution in [0.15, 0.2) is 36.4 Å². The van der Waals surface area contributed by atoms with Gasteiger partial charge in [-0.15, -0.1) is 0 Å². The highest BCUT2D eigenvalue weighted by molar-refractivity contribution is 5.97. The van der Waals surface area contributed by atoms with E-state index in [1.54, 1.807) is 31.2 Å². The molecule has 1 amide bonds. The van der Waals surface area contributed by atoms with Crippen LogP contribution in [-0.2, 0) is 14.3 Å². The third kappa shape index (κ3) is 2.69. The second-order valence-electron chi connectivity index (χ2n) is 7.28. The molecule has 2 bridgehead atoms. The molecule has 0 aromatic heterocycles. The monoisotopic (exact) mass is 355 g/mol. The Kier molecular flexibility index (Phi) is 4.05. The van der Waals surface area contributed by atoms with Gasteiger partial charge in [-0.05, 0) is 61.3 Å². The van der Waals surface area contributed by atoms with Gasteiger partial charge in [0.15, 0.2) is 0 Å². The van der Waals surface area contributed by atoms with Crippen LogP contribution in [0.5, 0.6) is 0 Å². The van der Waals surface area contributed by atoms with Crippen LogP contribution in [0.4, 0.5) is 5.69 Å². The SMILES string of the molecule is CCOC(=O)c1ccc(NC(=O)[C@H]2[C@H]3C=C[C@@H]([C@@H]4C[C@H]34)[C@@H]2C(=O)O)cc1. The summed E-state index contributed by atoms with van der Waals surface area (Å²) in [5.41, 5.74) is 0.957. The summed E-state index contributed by atoms with van der Waals surface area (Å²) in [4.78, 5) is 36.3. The molecular weight excluding hydrogens is 334 g/mol. The second-order valence-corrected chi connectivity index (χ2v) is 7.28. The van der Waals surface area contributed by atoms with Gasteiger partial charge in [-0.25, -0.2) is 4.79 Å². The molecule has 2 N–H and O–H groups in total. The van der Waals surface area contributed by atoms with Crippen LogP contribution in [0.25, 0.3) is 0 Å². The van der Waals surface area contributed by atoms with Gasteiger partial charge in [0.25, 0.3) is 0 Å². The number of carboxylic acids is 1. The number of benzene rings is 1.